The van der Waals surface area contributed by atoms with E-state index in [4.69, 9.17) is 11.6 Å². The van der Waals surface area contributed by atoms with Crippen LogP contribution in [-0.4, -0.2) is 31.4 Å². The average molecular weight is 385 g/mol. The molecule has 2 rings (SSSR count). The lowest BCUT2D eigenvalue weighted by atomic mass is 10.2. The van der Waals surface area contributed by atoms with E-state index in [2.05, 4.69) is 5.32 Å². The summed E-state index contributed by atoms with van der Waals surface area (Å²) in [6.07, 6.45) is 0.978. The normalized spacial score (nSPS) is 11.6. The lowest BCUT2D eigenvalue weighted by Gasteiger charge is -2.20. The number of hydrogen-bond donors (Lipinski definition) is 1. The zero-order valence-electron chi connectivity index (χ0n) is 13.8. The molecule has 2 aromatic carbocycles. The Morgan fingerprint density at radius 3 is 2.52 bits per heavy atom. The molecule has 0 bridgehead atoms. The SMILES string of the molecule is Cc1c(Cl)cccc1NC(=O)CN(Cc1ccccc1F)S(C)(=O)=O. The maximum atomic E-state index is 13.8. The molecule has 0 aliphatic heterocycles. The number of nitrogens with one attached hydrogen (secondary N) is 1. The summed E-state index contributed by atoms with van der Waals surface area (Å²) in [5.41, 5.74) is 1.37. The van der Waals surface area contributed by atoms with Crippen molar-refractivity contribution in [3.8, 4) is 0 Å². The van der Waals surface area contributed by atoms with Gasteiger partial charge >= 0.3 is 0 Å². The first-order chi connectivity index (χ1) is 11.7. The molecule has 134 valence electrons. The third-order valence-electron chi connectivity index (χ3n) is 3.64. The van der Waals surface area contributed by atoms with Crippen molar-refractivity contribution in [1.29, 1.82) is 0 Å². The van der Waals surface area contributed by atoms with Gasteiger partial charge in [0.05, 0.1) is 12.8 Å². The van der Waals surface area contributed by atoms with Crippen LogP contribution in [0.15, 0.2) is 42.5 Å². The molecule has 0 saturated heterocycles. The summed E-state index contributed by atoms with van der Waals surface area (Å²) in [6.45, 7) is 1.08. The molecule has 8 heteroatoms. The minimum Gasteiger partial charge on any atom is -0.325 e. The standard InChI is InChI=1S/C17H18ClFN2O3S/c1-12-14(18)7-5-9-16(12)20-17(22)11-21(25(2,23)24)10-13-6-3-4-8-15(13)19/h3-9H,10-11H2,1-2H3,(H,20,22). The number of nitrogens with zero attached hydrogens (tertiary/aromatic N) is 1. The van der Waals surface area contributed by atoms with Crippen LogP contribution in [0.2, 0.25) is 5.02 Å². The van der Waals surface area contributed by atoms with Crippen LogP contribution in [0.25, 0.3) is 0 Å². The first-order valence-corrected chi connectivity index (χ1v) is 9.64. The summed E-state index contributed by atoms with van der Waals surface area (Å²) in [7, 11) is -3.71. The van der Waals surface area contributed by atoms with E-state index < -0.39 is 28.3 Å². The van der Waals surface area contributed by atoms with Crippen LogP contribution in [0.3, 0.4) is 0 Å². The molecule has 2 aromatic rings. The van der Waals surface area contributed by atoms with Crippen LogP contribution in [-0.2, 0) is 21.4 Å². The third-order valence-corrected chi connectivity index (χ3v) is 5.24. The fourth-order valence-corrected chi connectivity index (χ4v) is 3.10. The van der Waals surface area contributed by atoms with Crippen LogP contribution in [0, 0.1) is 12.7 Å². The molecular formula is C17H18ClFN2O3S. The van der Waals surface area contributed by atoms with Crippen LogP contribution in [0.5, 0.6) is 0 Å². The largest absolute Gasteiger partial charge is 0.325 e. The highest BCUT2D eigenvalue weighted by Crippen LogP contribution is 2.23. The fraction of sp³-hybridized carbons (Fsp3) is 0.235. The molecule has 0 heterocycles. The van der Waals surface area contributed by atoms with Gasteiger partial charge in [0.15, 0.2) is 0 Å². The molecule has 25 heavy (non-hydrogen) atoms. The molecule has 0 saturated carbocycles. The number of carbonyl (C=O) groups excluding carboxylic acids is 1. The molecule has 5 nitrogen and oxygen atoms in total. The summed E-state index contributed by atoms with van der Waals surface area (Å²) in [5, 5.41) is 3.12. The first-order valence-electron chi connectivity index (χ1n) is 7.42. The monoisotopic (exact) mass is 384 g/mol. The predicted octanol–water partition coefficient (Wildman–Crippen LogP) is 3.19. The molecule has 0 atom stereocenters. The van der Waals surface area contributed by atoms with Crippen molar-refractivity contribution in [2.45, 2.75) is 13.5 Å². The number of hydrogen-bond acceptors (Lipinski definition) is 3. The number of carbonyl (C=O) groups is 1. The Bertz CT molecular complexity index is 887. The Hall–Kier alpha value is -1.96. The van der Waals surface area contributed by atoms with Gasteiger partial charge in [-0.2, -0.15) is 4.31 Å². The molecule has 0 aliphatic rings. The number of benzene rings is 2. The summed E-state index contributed by atoms with van der Waals surface area (Å²) >= 11 is 6.00. The van der Waals surface area contributed by atoms with Gasteiger partial charge in [-0.3, -0.25) is 4.79 Å². The first kappa shape index (κ1) is 19.4. The van der Waals surface area contributed by atoms with Crippen LogP contribution in [0.1, 0.15) is 11.1 Å². The maximum Gasteiger partial charge on any atom is 0.239 e. The van der Waals surface area contributed by atoms with Gasteiger partial charge in [-0.1, -0.05) is 35.9 Å². The fourth-order valence-electron chi connectivity index (χ4n) is 2.20. The maximum absolute atomic E-state index is 13.8. The number of anilines is 1. The Morgan fingerprint density at radius 1 is 1.20 bits per heavy atom. The molecular weight excluding hydrogens is 367 g/mol. The van der Waals surface area contributed by atoms with Crippen molar-refractivity contribution >= 4 is 33.2 Å². The molecule has 1 N–H and O–H groups in total. The van der Waals surface area contributed by atoms with Gasteiger partial charge < -0.3 is 5.32 Å². The molecule has 0 aromatic heterocycles. The quantitative estimate of drug-likeness (QED) is 0.831. The molecule has 1 amide bonds. The highest BCUT2D eigenvalue weighted by molar-refractivity contribution is 7.88. The second-order valence-corrected chi connectivity index (χ2v) is 7.97. The van der Waals surface area contributed by atoms with E-state index in [9.17, 15) is 17.6 Å². The number of sulfonamides is 1. The van der Waals surface area contributed by atoms with Crippen molar-refractivity contribution in [2.24, 2.45) is 0 Å². The minimum absolute atomic E-state index is 0.194. The highest BCUT2D eigenvalue weighted by Gasteiger charge is 2.22. The Balaban J connectivity index is 2.16. The van der Waals surface area contributed by atoms with Crippen molar-refractivity contribution in [3.63, 3.8) is 0 Å². The molecule has 0 unspecified atom stereocenters. The van der Waals surface area contributed by atoms with Gasteiger partial charge in [0.2, 0.25) is 15.9 Å². The number of rotatable bonds is 6. The second-order valence-electron chi connectivity index (χ2n) is 5.58. The van der Waals surface area contributed by atoms with Crippen molar-refractivity contribution in [2.75, 3.05) is 18.1 Å². The number of halogens is 2. The summed E-state index contributed by atoms with van der Waals surface area (Å²) in [6, 6.07) is 10.9. The van der Waals surface area contributed by atoms with E-state index >= 15 is 0 Å². The van der Waals surface area contributed by atoms with Gasteiger partial charge in [-0.05, 0) is 30.7 Å². The molecule has 0 spiro atoms. The van der Waals surface area contributed by atoms with E-state index in [1.807, 2.05) is 0 Å². The smallest absolute Gasteiger partial charge is 0.239 e. The Labute approximate surface area is 151 Å². The minimum atomic E-state index is -3.71. The van der Waals surface area contributed by atoms with Gasteiger partial charge in [-0.25, -0.2) is 12.8 Å². The van der Waals surface area contributed by atoms with Gasteiger partial charge in [0, 0.05) is 22.8 Å². The van der Waals surface area contributed by atoms with E-state index in [1.54, 1.807) is 31.2 Å². The van der Waals surface area contributed by atoms with E-state index in [-0.39, 0.29) is 12.1 Å². The number of amides is 1. The Kier molecular flexibility index (Phi) is 6.16. The predicted molar refractivity (Wildman–Crippen MR) is 96.5 cm³/mol. The van der Waals surface area contributed by atoms with Gasteiger partial charge in [0.1, 0.15) is 5.82 Å². The van der Waals surface area contributed by atoms with Gasteiger partial charge in [0.25, 0.3) is 0 Å². The summed E-state index contributed by atoms with van der Waals surface area (Å²) in [5.74, 6) is -1.06. The van der Waals surface area contributed by atoms with E-state index in [1.165, 1.54) is 18.2 Å². The third kappa shape index (κ3) is 5.26. The lowest BCUT2D eigenvalue weighted by Crippen LogP contribution is -2.37. The van der Waals surface area contributed by atoms with Crippen molar-refractivity contribution in [1.82, 2.24) is 4.31 Å². The second kappa shape index (κ2) is 7.95. The highest BCUT2D eigenvalue weighted by atomic mass is 35.5. The summed E-state index contributed by atoms with van der Waals surface area (Å²) in [4.78, 5) is 12.3. The molecule has 0 aliphatic carbocycles. The lowest BCUT2D eigenvalue weighted by molar-refractivity contribution is -0.116. The van der Waals surface area contributed by atoms with Crippen molar-refractivity contribution in [3.05, 3.63) is 64.4 Å². The average Bonchev–Trinajstić information content (AvgIpc) is 2.52. The zero-order chi connectivity index (χ0) is 18.6. The Morgan fingerprint density at radius 2 is 1.88 bits per heavy atom. The van der Waals surface area contributed by atoms with Crippen LogP contribution < -0.4 is 5.32 Å². The molecule has 0 fully saturated rings. The van der Waals surface area contributed by atoms with E-state index in [0.717, 1.165) is 10.6 Å². The summed E-state index contributed by atoms with van der Waals surface area (Å²) < 4.78 is 38.6. The van der Waals surface area contributed by atoms with Gasteiger partial charge in [-0.15, -0.1) is 0 Å². The molecule has 0 radical (unpaired) electrons. The zero-order valence-corrected chi connectivity index (χ0v) is 15.4. The topological polar surface area (TPSA) is 66.5 Å². The van der Waals surface area contributed by atoms with Crippen LogP contribution >= 0.6 is 11.6 Å². The van der Waals surface area contributed by atoms with Crippen molar-refractivity contribution < 1.29 is 17.6 Å². The van der Waals surface area contributed by atoms with Crippen LogP contribution in [0.4, 0.5) is 10.1 Å². The van der Waals surface area contributed by atoms with E-state index in [0.29, 0.717) is 16.3 Å².